The monoisotopic (exact) mass is 436 g/mol. The maximum absolute atomic E-state index is 12.9. The van der Waals surface area contributed by atoms with Crippen molar-refractivity contribution in [2.45, 2.75) is 33.2 Å². The molecule has 170 valence electrons. The van der Waals surface area contributed by atoms with Crippen LogP contribution in [0.25, 0.3) is 0 Å². The Kier molecular flexibility index (Phi) is 8.00. The Morgan fingerprint density at radius 2 is 1.53 bits per heavy atom. The molecule has 2 N–H and O–H groups in total. The van der Waals surface area contributed by atoms with Crippen molar-refractivity contribution in [3.05, 3.63) is 65.2 Å². The highest BCUT2D eigenvalue weighted by Crippen LogP contribution is 2.20. The summed E-state index contributed by atoms with van der Waals surface area (Å²) in [5, 5.41) is 5.90. The average molecular weight is 437 g/mol. The van der Waals surface area contributed by atoms with Crippen molar-refractivity contribution in [1.82, 2.24) is 15.1 Å². The molecule has 7 nitrogen and oxygen atoms in total. The van der Waals surface area contributed by atoms with Gasteiger partial charge in [0.25, 0.3) is 0 Å². The van der Waals surface area contributed by atoms with Gasteiger partial charge in [-0.25, -0.2) is 0 Å². The van der Waals surface area contributed by atoms with Gasteiger partial charge in [-0.2, -0.15) is 0 Å². The predicted octanol–water partition coefficient (Wildman–Crippen LogP) is 2.65. The van der Waals surface area contributed by atoms with Crippen LogP contribution in [0.3, 0.4) is 0 Å². The molecule has 2 aromatic carbocycles. The number of nitrogens with one attached hydrogen (secondary N) is 2. The second-order valence-corrected chi connectivity index (χ2v) is 8.34. The Hall–Kier alpha value is -3.19. The Morgan fingerprint density at radius 3 is 2.12 bits per heavy atom. The van der Waals surface area contributed by atoms with E-state index in [4.69, 9.17) is 0 Å². The fourth-order valence-corrected chi connectivity index (χ4v) is 4.04. The topological polar surface area (TPSA) is 81.8 Å². The molecule has 32 heavy (non-hydrogen) atoms. The van der Waals surface area contributed by atoms with Gasteiger partial charge in [-0.05, 0) is 30.5 Å². The summed E-state index contributed by atoms with van der Waals surface area (Å²) in [6.45, 7) is 8.14. The van der Waals surface area contributed by atoms with Crippen LogP contribution in [-0.4, -0.2) is 60.2 Å². The lowest BCUT2D eigenvalue weighted by molar-refractivity contribution is -0.133. The number of para-hydroxylation sites is 1. The van der Waals surface area contributed by atoms with Crippen LogP contribution < -0.4 is 10.6 Å². The van der Waals surface area contributed by atoms with Gasteiger partial charge in [0, 0.05) is 38.8 Å². The van der Waals surface area contributed by atoms with Crippen molar-refractivity contribution in [3.8, 4) is 0 Å². The van der Waals surface area contributed by atoms with Crippen molar-refractivity contribution < 1.29 is 14.4 Å². The molecular formula is C25H32N4O3. The van der Waals surface area contributed by atoms with Crippen LogP contribution >= 0.6 is 0 Å². The molecular weight excluding hydrogens is 404 g/mol. The fraction of sp³-hybridized carbons (Fsp3) is 0.400. The van der Waals surface area contributed by atoms with E-state index in [9.17, 15) is 14.4 Å². The van der Waals surface area contributed by atoms with E-state index < -0.39 is 0 Å². The summed E-state index contributed by atoms with van der Waals surface area (Å²) < 4.78 is 0. The zero-order valence-electron chi connectivity index (χ0n) is 19.1. The van der Waals surface area contributed by atoms with Crippen LogP contribution in [0.1, 0.15) is 36.1 Å². The molecule has 1 aliphatic heterocycles. The molecule has 0 radical (unpaired) electrons. The fourth-order valence-electron chi connectivity index (χ4n) is 4.04. The number of benzene rings is 2. The third kappa shape index (κ3) is 6.40. The van der Waals surface area contributed by atoms with Gasteiger partial charge in [0.05, 0.1) is 19.0 Å². The highest BCUT2D eigenvalue weighted by atomic mass is 16.2. The minimum absolute atomic E-state index is 0.00670. The first-order valence-electron chi connectivity index (χ1n) is 11.0. The number of amides is 3. The van der Waals surface area contributed by atoms with Crippen LogP contribution in [0.4, 0.5) is 5.69 Å². The summed E-state index contributed by atoms with van der Waals surface area (Å²) in [4.78, 5) is 40.9. The molecule has 1 fully saturated rings. The number of hydrogen-bond acceptors (Lipinski definition) is 4. The van der Waals surface area contributed by atoms with Gasteiger partial charge < -0.3 is 15.5 Å². The molecule has 1 saturated heterocycles. The van der Waals surface area contributed by atoms with E-state index in [2.05, 4.69) is 15.5 Å². The van der Waals surface area contributed by atoms with E-state index >= 15 is 0 Å². The van der Waals surface area contributed by atoms with Gasteiger partial charge >= 0.3 is 0 Å². The summed E-state index contributed by atoms with van der Waals surface area (Å²) >= 11 is 0. The van der Waals surface area contributed by atoms with Crippen molar-refractivity contribution in [1.29, 1.82) is 0 Å². The van der Waals surface area contributed by atoms with Crippen molar-refractivity contribution in [2.24, 2.45) is 0 Å². The molecule has 0 bridgehead atoms. The maximum atomic E-state index is 12.9. The van der Waals surface area contributed by atoms with Gasteiger partial charge in [-0.3, -0.25) is 19.3 Å². The van der Waals surface area contributed by atoms with E-state index in [-0.39, 0.29) is 30.2 Å². The zero-order valence-corrected chi connectivity index (χ0v) is 19.1. The number of anilines is 1. The minimum atomic E-state index is -0.345. The second-order valence-electron chi connectivity index (χ2n) is 8.34. The number of piperazine rings is 1. The normalized spacial score (nSPS) is 15.2. The molecule has 7 heteroatoms. The van der Waals surface area contributed by atoms with Crippen molar-refractivity contribution in [2.75, 3.05) is 38.0 Å². The van der Waals surface area contributed by atoms with Crippen molar-refractivity contribution >= 4 is 23.4 Å². The Labute approximate surface area is 189 Å². The largest absolute Gasteiger partial charge is 0.349 e. The third-order valence-electron chi connectivity index (χ3n) is 5.80. The summed E-state index contributed by atoms with van der Waals surface area (Å²) in [7, 11) is 0. The lowest BCUT2D eigenvalue weighted by atomic mass is 10.0. The number of carbonyl (C=O) groups is 3. The zero-order chi connectivity index (χ0) is 23.1. The Morgan fingerprint density at radius 1 is 0.906 bits per heavy atom. The molecule has 0 saturated carbocycles. The van der Waals surface area contributed by atoms with E-state index in [0.29, 0.717) is 32.7 Å². The average Bonchev–Trinajstić information content (AvgIpc) is 2.77. The summed E-state index contributed by atoms with van der Waals surface area (Å²) in [5.74, 6) is -0.199. The van der Waals surface area contributed by atoms with E-state index in [1.165, 1.54) is 6.92 Å². The smallest absolute Gasteiger partial charge is 0.238 e. The summed E-state index contributed by atoms with van der Waals surface area (Å²) in [6.07, 6.45) is 0.219. The highest BCUT2D eigenvalue weighted by Gasteiger charge is 2.25. The maximum Gasteiger partial charge on any atom is 0.238 e. The van der Waals surface area contributed by atoms with Gasteiger partial charge in [0.15, 0.2) is 0 Å². The van der Waals surface area contributed by atoms with Gasteiger partial charge in [0.2, 0.25) is 17.7 Å². The quantitative estimate of drug-likeness (QED) is 0.699. The summed E-state index contributed by atoms with van der Waals surface area (Å²) in [5.41, 5.74) is 3.87. The van der Waals surface area contributed by atoms with Crippen LogP contribution in [0, 0.1) is 13.8 Å². The first kappa shape index (κ1) is 23.5. The summed E-state index contributed by atoms with van der Waals surface area (Å²) in [6, 6.07) is 15.1. The SMILES string of the molecule is CC(=O)N[C@H](CC(=O)N1CCN(CC(=O)Nc2c(C)cccc2C)CC1)c1ccccc1. The standard InChI is InChI=1S/C25H32N4O3/c1-18-8-7-9-19(2)25(18)27-23(31)17-28-12-14-29(15-13-28)24(32)16-22(26-20(3)30)21-10-5-4-6-11-21/h4-11,22H,12-17H2,1-3H3,(H,26,30)(H,27,31)/t22-/m1/s1. The van der Waals surface area contributed by atoms with Gasteiger partial charge in [-0.15, -0.1) is 0 Å². The Bertz CT molecular complexity index is 933. The second kappa shape index (κ2) is 10.9. The molecule has 0 spiro atoms. The molecule has 1 aliphatic rings. The number of rotatable bonds is 7. The molecule has 3 amide bonds. The lowest BCUT2D eigenvalue weighted by Gasteiger charge is -2.35. The van der Waals surface area contributed by atoms with Crippen LogP contribution in [0.15, 0.2) is 48.5 Å². The highest BCUT2D eigenvalue weighted by molar-refractivity contribution is 5.93. The van der Waals surface area contributed by atoms with Crippen LogP contribution in [-0.2, 0) is 14.4 Å². The predicted molar refractivity (Wildman–Crippen MR) is 125 cm³/mol. The lowest BCUT2D eigenvalue weighted by Crippen LogP contribution is -2.51. The molecule has 3 rings (SSSR count). The van der Waals surface area contributed by atoms with E-state index in [1.54, 1.807) is 0 Å². The minimum Gasteiger partial charge on any atom is -0.349 e. The van der Waals surface area contributed by atoms with Gasteiger partial charge in [0.1, 0.15) is 0 Å². The van der Waals surface area contributed by atoms with Gasteiger partial charge in [-0.1, -0.05) is 48.5 Å². The first-order chi connectivity index (χ1) is 15.3. The molecule has 0 aromatic heterocycles. The van der Waals surface area contributed by atoms with Crippen LogP contribution in [0.5, 0.6) is 0 Å². The number of hydrogen-bond donors (Lipinski definition) is 2. The molecule has 2 aromatic rings. The number of aryl methyl sites for hydroxylation is 2. The molecule has 0 aliphatic carbocycles. The van der Waals surface area contributed by atoms with Crippen LogP contribution in [0.2, 0.25) is 0 Å². The molecule has 1 atom stereocenters. The van der Waals surface area contributed by atoms with E-state index in [1.807, 2.05) is 67.3 Å². The number of carbonyl (C=O) groups excluding carboxylic acids is 3. The first-order valence-corrected chi connectivity index (χ1v) is 11.0. The van der Waals surface area contributed by atoms with E-state index in [0.717, 1.165) is 22.4 Å². The van der Waals surface area contributed by atoms with Crippen molar-refractivity contribution in [3.63, 3.8) is 0 Å². The third-order valence-corrected chi connectivity index (χ3v) is 5.80. The number of nitrogens with zero attached hydrogens (tertiary/aromatic N) is 2. The molecule has 0 unspecified atom stereocenters. The molecule has 1 heterocycles. The Balaban J connectivity index is 1.50.